The molecule has 1 aromatic carbocycles. The van der Waals surface area contributed by atoms with Crippen molar-refractivity contribution in [2.45, 2.75) is 98.0 Å². The zero-order valence-corrected chi connectivity index (χ0v) is 46.9. The highest BCUT2D eigenvalue weighted by atomic mass is 16.6. The van der Waals surface area contributed by atoms with Crippen molar-refractivity contribution >= 4 is 29.4 Å². The minimum atomic E-state index is -1.10. The Hall–Kier alpha value is -8.50. The number of aromatic nitrogens is 8. The number of nitrogens with zero attached hydrogens (tertiary/aromatic N) is 10. The van der Waals surface area contributed by atoms with Crippen molar-refractivity contribution in [3.8, 4) is 40.7 Å². The fourth-order valence-corrected chi connectivity index (χ4v) is 8.27. The van der Waals surface area contributed by atoms with Crippen molar-refractivity contribution in [2.75, 3.05) is 70.9 Å². The summed E-state index contributed by atoms with van der Waals surface area (Å²) < 4.78 is 41.4. The fraction of sp³-hybridized carbons (Fsp3) is 0.448. The van der Waals surface area contributed by atoms with Crippen molar-refractivity contribution < 1.29 is 57.4 Å². The van der Waals surface area contributed by atoms with Gasteiger partial charge in [0.1, 0.15) is 40.8 Å². The number of nitriles is 1. The van der Waals surface area contributed by atoms with E-state index in [-0.39, 0.29) is 47.7 Å². The standard InChI is InChI=1S/C58H70N12O12/c1-57(2,3)19-18-48(55(74)75)66-54(73)40-14-17-51(62-33-40)82-45-13-9-12-44(31-45)81-39-50(71)61-21-24-76-25-26-77-27-28-78-29-30-79-38-43-37-69(68-67-43)22-7-6-8-23-80-56-63-34-42(35-64-56)47-16-15-46-52(72)58(4,5)70(53(46)65-47)36-41-11-10-20-60-49(41)32-59/h9-17,20,31,33-35,37,48H,6-8,18-19,21-30,36,38-39H2,1-5H3,(H,61,71)(H,66,73)(H,74,75)/t48-/m0/s1. The van der Waals surface area contributed by atoms with Gasteiger partial charge in [0, 0.05) is 67.7 Å². The molecule has 24 heteroatoms. The number of pyridine rings is 3. The number of rotatable bonds is 34. The maximum Gasteiger partial charge on any atom is 0.326 e. The normalized spacial score (nSPS) is 13.0. The van der Waals surface area contributed by atoms with E-state index in [1.54, 1.807) is 65.7 Å². The summed E-state index contributed by atoms with van der Waals surface area (Å²) in [7, 11) is 0. The van der Waals surface area contributed by atoms with Crippen molar-refractivity contribution in [1.29, 1.82) is 5.26 Å². The number of aryl methyl sites for hydroxylation is 1. The summed E-state index contributed by atoms with van der Waals surface area (Å²) in [6.07, 6.45) is 11.6. The van der Waals surface area contributed by atoms with E-state index in [0.29, 0.717) is 131 Å². The second kappa shape index (κ2) is 30.4. The Morgan fingerprint density at radius 1 is 0.817 bits per heavy atom. The molecule has 24 nitrogen and oxygen atoms in total. The Labute approximate surface area is 475 Å². The molecule has 0 bridgehead atoms. The van der Waals surface area contributed by atoms with Crippen LogP contribution in [-0.2, 0) is 48.2 Å². The van der Waals surface area contributed by atoms with Crippen LogP contribution in [0.4, 0.5) is 5.82 Å². The Morgan fingerprint density at radius 2 is 1.56 bits per heavy atom. The number of unbranched alkanes of at least 4 members (excludes halogenated alkanes) is 2. The highest BCUT2D eigenvalue weighted by Crippen LogP contribution is 2.40. The van der Waals surface area contributed by atoms with Crippen molar-refractivity contribution in [3.63, 3.8) is 0 Å². The molecule has 0 saturated heterocycles. The molecule has 6 heterocycles. The maximum atomic E-state index is 13.4. The number of amides is 2. The number of carboxylic acids is 1. The van der Waals surface area contributed by atoms with Crippen LogP contribution < -0.4 is 29.7 Å². The zero-order chi connectivity index (χ0) is 58.3. The lowest BCUT2D eigenvalue weighted by atomic mass is 9.88. The van der Waals surface area contributed by atoms with Crippen LogP contribution in [0.5, 0.6) is 23.4 Å². The number of carboxylic acid groups (broad SMARTS) is 1. The van der Waals surface area contributed by atoms with E-state index in [1.165, 1.54) is 18.3 Å². The molecule has 0 spiro atoms. The van der Waals surface area contributed by atoms with Gasteiger partial charge in [-0.25, -0.2) is 29.7 Å². The molecule has 0 radical (unpaired) electrons. The van der Waals surface area contributed by atoms with Gasteiger partial charge >= 0.3 is 12.0 Å². The Morgan fingerprint density at radius 3 is 2.28 bits per heavy atom. The van der Waals surface area contributed by atoms with Crippen LogP contribution in [0.1, 0.15) is 104 Å². The summed E-state index contributed by atoms with van der Waals surface area (Å²) in [6.45, 7) is 14.1. The number of carbonyl (C=O) groups excluding carboxylic acids is 3. The van der Waals surface area contributed by atoms with E-state index >= 15 is 0 Å². The number of aliphatic carboxylic acids is 1. The minimum Gasteiger partial charge on any atom is -0.484 e. The van der Waals surface area contributed by atoms with Crippen LogP contribution in [0, 0.1) is 16.7 Å². The molecule has 0 unspecified atom stereocenters. The number of anilines is 1. The van der Waals surface area contributed by atoms with E-state index in [2.05, 4.69) is 47.0 Å². The molecule has 3 N–H and O–H groups in total. The first-order valence-corrected chi connectivity index (χ1v) is 27.1. The van der Waals surface area contributed by atoms with E-state index < -0.39 is 23.5 Å². The van der Waals surface area contributed by atoms with Gasteiger partial charge in [-0.05, 0) is 87.8 Å². The van der Waals surface area contributed by atoms with Crippen molar-refractivity contribution in [3.05, 3.63) is 120 Å². The van der Waals surface area contributed by atoms with E-state index in [9.17, 15) is 29.5 Å². The largest absolute Gasteiger partial charge is 0.484 e. The molecule has 7 rings (SSSR count). The second-order valence-corrected chi connectivity index (χ2v) is 20.8. The van der Waals surface area contributed by atoms with Gasteiger partial charge in [0.15, 0.2) is 12.4 Å². The highest BCUT2D eigenvalue weighted by Gasteiger charge is 2.45. The van der Waals surface area contributed by atoms with Crippen LogP contribution in [0.15, 0.2) is 91.6 Å². The third-order valence-electron chi connectivity index (χ3n) is 12.8. The molecule has 1 aliphatic rings. The minimum absolute atomic E-state index is 0.0451. The lowest BCUT2D eigenvalue weighted by Gasteiger charge is -2.32. The molecule has 1 aliphatic heterocycles. The number of nitrogens with one attached hydrogen (secondary N) is 2. The van der Waals surface area contributed by atoms with Gasteiger partial charge < -0.3 is 53.8 Å². The van der Waals surface area contributed by atoms with Gasteiger partial charge in [-0.3, -0.25) is 19.1 Å². The molecule has 0 saturated carbocycles. The highest BCUT2D eigenvalue weighted by molar-refractivity contribution is 6.13. The smallest absolute Gasteiger partial charge is 0.326 e. The average Bonchev–Trinajstić information content (AvgIpc) is 2.82. The molecule has 6 aromatic rings. The van der Waals surface area contributed by atoms with Crippen LogP contribution >= 0.6 is 0 Å². The van der Waals surface area contributed by atoms with E-state index in [1.807, 2.05) is 51.8 Å². The third-order valence-corrected chi connectivity index (χ3v) is 12.8. The molecule has 1 atom stereocenters. The molecule has 0 fully saturated rings. The monoisotopic (exact) mass is 1130 g/mol. The molecule has 0 aliphatic carbocycles. The number of carbonyl (C=O) groups is 4. The predicted molar refractivity (Wildman–Crippen MR) is 297 cm³/mol. The van der Waals surface area contributed by atoms with Gasteiger partial charge in [-0.1, -0.05) is 38.1 Å². The summed E-state index contributed by atoms with van der Waals surface area (Å²) in [5.74, 6) is -0.485. The van der Waals surface area contributed by atoms with Crippen LogP contribution in [0.25, 0.3) is 11.3 Å². The summed E-state index contributed by atoms with van der Waals surface area (Å²) >= 11 is 0. The molecule has 5 aromatic heterocycles. The fourth-order valence-electron chi connectivity index (χ4n) is 8.27. The number of Topliss-reactive ketones (excluding diaryl/α,β-unsaturated/α-hetero) is 1. The van der Waals surface area contributed by atoms with Crippen LogP contribution in [0.2, 0.25) is 0 Å². The summed E-state index contributed by atoms with van der Waals surface area (Å²) in [6, 6.07) is 18.2. The third kappa shape index (κ3) is 18.8. The number of ether oxygens (including phenoxy) is 7. The topological polar surface area (TPSA) is 299 Å². The van der Waals surface area contributed by atoms with Gasteiger partial charge in [0.05, 0.1) is 88.0 Å². The predicted octanol–water partition coefficient (Wildman–Crippen LogP) is 6.59. The quantitative estimate of drug-likeness (QED) is 0.0359. The number of hydrogen-bond acceptors (Lipinski definition) is 20. The SMILES string of the molecule is CC(C)(C)CC[C@H](NC(=O)c1ccc(Oc2cccc(OCC(=O)NCCOCCOCCOCCOCc3cn(CCCCCOc4ncc(-c5ccc6c(n5)N(Cc5cccnc5C#N)C(C)(C)C6=O)cn4)nn3)c2)nc1)C(=O)O. The molecule has 2 amide bonds. The van der Waals surface area contributed by atoms with Crippen LogP contribution in [-0.4, -0.2) is 146 Å². The average molecular weight is 1130 g/mol. The lowest BCUT2D eigenvalue weighted by molar-refractivity contribution is -0.139. The first kappa shape index (κ1) is 61.1. The van der Waals surface area contributed by atoms with Gasteiger partial charge in [-0.2, -0.15) is 5.26 Å². The summed E-state index contributed by atoms with van der Waals surface area (Å²) in [4.78, 5) is 74.0. The summed E-state index contributed by atoms with van der Waals surface area (Å²) in [5.41, 5.74) is 2.80. The summed E-state index contributed by atoms with van der Waals surface area (Å²) in [5, 5.41) is 32.9. The molecule has 434 valence electrons. The van der Waals surface area contributed by atoms with E-state index in [4.69, 9.17) is 38.1 Å². The lowest BCUT2D eigenvalue weighted by Crippen LogP contribution is -2.44. The first-order chi connectivity index (χ1) is 39.6. The zero-order valence-electron chi connectivity index (χ0n) is 46.9. The first-order valence-electron chi connectivity index (χ1n) is 27.1. The second-order valence-electron chi connectivity index (χ2n) is 20.8. The number of hydrogen-bond donors (Lipinski definition) is 3. The molecular formula is C58H70N12O12. The number of benzene rings is 1. The van der Waals surface area contributed by atoms with Crippen molar-refractivity contribution in [2.24, 2.45) is 5.41 Å². The van der Waals surface area contributed by atoms with Gasteiger partial charge in [0.25, 0.3) is 11.8 Å². The molecule has 82 heavy (non-hydrogen) atoms. The van der Waals surface area contributed by atoms with E-state index in [0.717, 1.165) is 25.0 Å². The molecular weight excluding hydrogens is 1060 g/mol. The Bertz CT molecular complexity index is 3090. The Kier molecular flexibility index (Phi) is 22.6. The Balaban J connectivity index is 0.658. The van der Waals surface area contributed by atoms with Gasteiger partial charge in [-0.15, -0.1) is 5.10 Å². The maximum absolute atomic E-state index is 13.4. The van der Waals surface area contributed by atoms with Crippen LogP contribution in [0.3, 0.4) is 0 Å². The number of ketones is 1. The van der Waals surface area contributed by atoms with Gasteiger partial charge in [0.2, 0.25) is 5.88 Å². The number of fused-ring (bicyclic) bond motifs is 1. The van der Waals surface area contributed by atoms with Crippen molar-refractivity contribution in [1.82, 2.24) is 50.5 Å².